The van der Waals surface area contributed by atoms with Gasteiger partial charge < -0.3 is 10.1 Å². The van der Waals surface area contributed by atoms with Crippen LogP contribution in [0, 0.1) is 6.92 Å². The largest absolute Gasteiger partial charge is 0.491 e. The van der Waals surface area contributed by atoms with Crippen molar-refractivity contribution in [2.45, 2.75) is 26.3 Å². The molecule has 3 nitrogen and oxygen atoms in total. The normalized spacial score (nSPS) is 11.8. The summed E-state index contributed by atoms with van der Waals surface area (Å²) in [6, 6.07) is 15.6. The van der Waals surface area contributed by atoms with Gasteiger partial charge in [-0.2, -0.15) is 0 Å². The van der Waals surface area contributed by atoms with Crippen molar-refractivity contribution < 1.29 is 9.53 Å². The highest BCUT2D eigenvalue weighted by Gasteiger charge is 2.09. The second kappa shape index (κ2) is 7.99. The highest BCUT2D eigenvalue weighted by molar-refractivity contribution is 9.10. The zero-order valence-corrected chi connectivity index (χ0v) is 14.4. The number of nitrogens with one attached hydrogen (secondary N) is 1. The molecule has 0 aliphatic rings. The van der Waals surface area contributed by atoms with E-state index in [-0.39, 0.29) is 11.9 Å². The zero-order valence-electron chi connectivity index (χ0n) is 12.8. The maximum absolute atomic E-state index is 12.0. The number of rotatable bonds is 6. The van der Waals surface area contributed by atoms with E-state index in [1.165, 1.54) is 5.56 Å². The first kappa shape index (κ1) is 16.6. The Bertz CT molecular complexity index is 625. The number of hydrogen-bond acceptors (Lipinski definition) is 2. The second-order valence-corrected chi connectivity index (χ2v) is 6.31. The van der Waals surface area contributed by atoms with Gasteiger partial charge in [0.05, 0.1) is 12.5 Å². The second-order valence-electron chi connectivity index (χ2n) is 5.40. The summed E-state index contributed by atoms with van der Waals surface area (Å²) in [4.78, 5) is 12.0. The van der Waals surface area contributed by atoms with Crippen LogP contribution in [0.15, 0.2) is 53.0 Å². The summed E-state index contributed by atoms with van der Waals surface area (Å²) in [6.45, 7) is 4.43. The van der Waals surface area contributed by atoms with Crippen LogP contribution in [-0.2, 0) is 11.2 Å². The first-order valence-corrected chi connectivity index (χ1v) is 8.05. The van der Waals surface area contributed by atoms with Gasteiger partial charge in [-0.1, -0.05) is 45.8 Å². The Morgan fingerprint density at radius 3 is 2.64 bits per heavy atom. The maximum Gasteiger partial charge on any atom is 0.224 e. The highest BCUT2D eigenvalue weighted by Crippen LogP contribution is 2.13. The molecule has 0 saturated carbocycles. The third kappa shape index (κ3) is 5.53. The van der Waals surface area contributed by atoms with Crippen molar-refractivity contribution in [3.63, 3.8) is 0 Å². The van der Waals surface area contributed by atoms with E-state index in [4.69, 9.17) is 4.74 Å². The predicted octanol–water partition coefficient (Wildman–Crippen LogP) is 3.88. The van der Waals surface area contributed by atoms with Gasteiger partial charge in [0.1, 0.15) is 12.4 Å². The van der Waals surface area contributed by atoms with Crippen molar-refractivity contribution in [3.05, 3.63) is 64.1 Å². The van der Waals surface area contributed by atoms with Crippen molar-refractivity contribution in [2.24, 2.45) is 0 Å². The quantitative estimate of drug-likeness (QED) is 0.847. The molecule has 22 heavy (non-hydrogen) atoms. The Balaban J connectivity index is 1.77. The number of hydrogen-bond donors (Lipinski definition) is 1. The molecule has 0 aliphatic heterocycles. The summed E-state index contributed by atoms with van der Waals surface area (Å²) in [7, 11) is 0. The minimum absolute atomic E-state index is 0.00175. The predicted molar refractivity (Wildman–Crippen MR) is 92.1 cm³/mol. The standard InChI is InChI=1S/C18H20BrNO2/c1-13-6-8-17(9-7-13)22-12-14(2)20-18(21)11-15-4-3-5-16(19)10-15/h3-10,14H,11-12H2,1-2H3,(H,20,21). The fraction of sp³-hybridized carbons (Fsp3) is 0.278. The lowest BCUT2D eigenvalue weighted by atomic mass is 10.1. The lowest BCUT2D eigenvalue weighted by molar-refractivity contribution is -0.121. The van der Waals surface area contributed by atoms with Gasteiger partial charge in [0.15, 0.2) is 0 Å². The van der Waals surface area contributed by atoms with Gasteiger partial charge >= 0.3 is 0 Å². The molecule has 0 fully saturated rings. The minimum Gasteiger partial charge on any atom is -0.491 e. The Hall–Kier alpha value is -1.81. The lowest BCUT2D eigenvalue weighted by Gasteiger charge is -2.15. The Kier molecular flexibility index (Phi) is 6.01. The molecule has 0 spiro atoms. The number of aryl methyl sites for hydroxylation is 1. The molecule has 1 atom stereocenters. The van der Waals surface area contributed by atoms with Crippen LogP contribution in [0.1, 0.15) is 18.1 Å². The molecular weight excluding hydrogens is 342 g/mol. The summed E-state index contributed by atoms with van der Waals surface area (Å²) < 4.78 is 6.65. The molecule has 0 heterocycles. The fourth-order valence-electron chi connectivity index (χ4n) is 2.06. The van der Waals surface area contributed by atoms with E-state index < -0.39 is 0 Å². The van der Waals surface area contributed by atoms with Crippen LogP contribution in [0.2, 0.25) is 0 Å². The van der Waals surface area contributed by atoms with E-state index in [0.717, 1.165) is 15.8 Å². The molecule has 0 radical (unpaired) electrons. The summed E-state index contributed by atoms with van der Waals surface area (Å²) in [6.07, 6.45) is 0.369. The Labute approximate surface area is 139 Å². The molecule has 4 heteroatoms. The van der Waals surface area contributed by atoms with E-state index in [2.05, 4.69) is 21.2 Å². The first-order chi connectivity index (χ1) is 10.5. The summed E-state index contributed by atoms with van der Waals surface area (Å²) in [5, 5.41) is 2.95. The van der Waals surface area contributed by atoms with Crippen molar-refractivity contribution in [3.8, 4) is 5.75 Å². The SMILES string of the molecule is Cc1ccc(OCC(C)NC(=O)Cc2cccc(Br)c2)cc1. The van der Waals surface area contributed by atoms with E-state index in [1.54, 1.807) is 0 Å². The van der Waals surface area contributed by atoms with E-state index in [0.29, 0.717) is 13.0 Å². The van der Waals surface area contributed by atoms with Gasteiger partial charge in [-0.3, -0.25) is 4.79 Å². The van der Waals surface area contributed by atoms with Crippen LogP contribution in [0.5, 0.6) is 5.75 Å². The molecule has 0 saturated heterocycles. The molecular formula is C18H20BrNO2. The minimum atomic E-state index is -0.0408. The summed E-state index contributed by atoms with van der Waals surface area (Å²) >= 11 is 3.41. The highest BCUT2D eigenvalue weighted by atomic mass is 79.9. The smallest absolute Gasteiger partial charge is 0.224 e. The molecule has 116 valence electrons. The lowest BCUT2D eigenvalue weighted by Crippen LogP contribution is -2.37. The molecule has 0 bridgehead atoms. The first-order valence-electron chi connectivity index (χ1n) is 7.26. The monoisotopic (exact) mass is 361 g/mol. The number of carbonyl (C=O) groups excluding carboxylic acids is 1. The number of halogens is 1. The number of benzene rings is 2. The van der Waals surface area contributed by atoms with Gasteiger partial charge in [-0.25, -0.2) is 0 Å². The topological polar surface area (TPSA) is 38.3 Å². The molecule has 1 amide bonds. The Morgan fingerprint density at radius 1 is 1.23 bits per heavy atom. The Morgan fingerprint density at radius 2 is 1.95 bits per heavy atom. The van der Waals surface area contributed by atoms with Gasteiger partial charge in [-0.05, 0) is 43.7 Å². The van der Waals surface area contributed by atoms with Crippen molar-refractivity contribution in [1.82, 2.24) is 5.32 Å². The molecule has 0 aliphatic carbocycles. The average molecular weight is 362 g/mol. The van der Waals surface area contributed by atoms with E-state index >= 15 is 0 Å². The van der Waals surface area contributed by atoms with Gasteiger partial charge in [0.2, 0.25) is 5.91 Å². The third-order valence-electron chi connectivity index (χ3n) is 3.18. The van der Waals surface area contributed by atoms with E-state index in [1.807, 2.05) is 62.4 Å². The molecule has 2 aromatic carbocycles. The van der Waals surface area contributed by atoms with Gasteiger partial charge in [-0.15, -0.1) is 0 Å². The fourth-order valence-corrected chi connectivity index (χ4v) is 2.50. The number of ether oxygens (including phenoxy) is 1. The average Bonchev–Trinajstić information content (AvgIpc) is 2.46. The maximum atomic E-state index is 12.0. The molecule has 1 unspecified atom stereocenters. The van der Waals surface area contributed by atoms with Gasteiger partial charge in [0.25, 0.3) is 0 Å². The molecule has 1 N–H and O–H groups in total. The third-order valence-corrected chi connectivity index (χ3v) is 3.68. The molecule has 2 rings (SSSR count). The van der Waals surface area contributed by atoms with Crippen LogP contribution in [0.3, 0.4) is 0 Å². The van der Waals surface area contributed by atoms with Crippen LogP contribution in [-0.4, -0.2) is 18.6 Å². The van der Waals surface area contributed by atoms with Crippen LogP contribution >= 0.6 is 15.9 Å². The van der Waals surface area contributed by atoms with Crippen LogP contribution in [0.4, 0.5) is 0 Å². The number of amides is 1. The van der Waals surface area contributed by atoms with Gasteiger partial charge in [0, 0.05) is 4.47 Å². The van der Waals surface area contributed by atoms with Crippen LogP contribution in [0.25, 0.3) is 0 Å². The van der Waals surface area contributed by atoms with Crippen molar-refractivity contribution in [2.75, 3.05) is 6.61 Å². The molecule has 0 aromatic heterocycles. The van der Waals surface area contributed by atoms with E-state index in [9.17, 15) is 4.79 Å². The zero-order chi connectivity index (χ0) is 15.9. The number of carbonyl (C=O) groups is 1. The summed E-state index contributed by atoms with van der Waals surface area (Å²) in [5.41, 5.74) is 2.18. The van der Waals surface area contributed by atoms with Crippen molar-refractivity contribution in [1.29, 1.82) is 0 Å². The molecule has 2 aromatic rings. The van der Waals surface area contributed by atoms with Crippen LogP contribution < -0.4 is 10.1 Å². The summed E-state index contributed by atoms with van der Waals surface area (Å²) in [5.74, 6) is 0.816. The van der Waals surface area contributed by atoms with Crippen molar-refractivity contribution >= 4 is 21.8 Å².